The fourth-order valence-electron chi connectivity index (χ4n) is 4.35. The molecule has 0 saturated carbocycles. The van der Waals surface area contributed by atoms with E-state index in [9.17, 15) is 9.59 Å². The van der Waals surface area contributed by atoms with Crippen molar-refractivity contribution in [3.63, 3.8) is 0 Å². The average Bonchev–Trinajstić information content (AvgIpc) is 3.14. The number of hydrogen-bond donors (Lipinski definition) is 2. The van der Waals surface area contributed by atoms with E-state index >= 15 is 0 Å². The van der Waals surface area contributed by atoms with Gasteiger partial charge in [-0.15, -0.1) is 12.4 Å². The Balaban J connectivity index is 0.00000306. The van der Waals surface area contributed by atoms with Crippen molar-refractivity contribution in [2.45, 2.75) is 25.3 Å². The lowest BCUT2D eigenvalue weighted by atomic mass is 9.80. The van der Waals surface area contributed by atoms with Gasteiger partial charge in [0.1, 0.15) is 5.69 Å². The van der Waals surface area contributed by atoms with Crippen molar-refractivity contribution in [3.05, 3.63) is 69.3 Å². The summed E-state index contributed by atoms with van der Waals surface area (Å²) in [5.74, 6) is -0.579. The Kier molecular flexibility index (Phi) is 7.96. The molecule has 1 saturated heterocycles. The number of ether oxygens (including phenoxy) is 1. The van der Waals surface area contributed by atoms with Crippen LogP contribution in [0.15, 0.2) is 42.5 Å². The van der Waals surface area contributed by atoms with Gasteiger partial charge in [-0.1, -0.05) is 35.3 Å². The van der Waals surface area contributed by atoms with Crippen molar-refractivity contribution in [1.82, 2.24) is 15.2 Å². The van der Waals surface area contributed by atoms with Gasteiger partial charge < -0.3 is 19.9 Å². The zero-order valence-electron chi connectivity index (χ0n) is 18.4. The molecule has 0 bridgehead atoms. The number of amides is 1. The maximum absolute atomic E-state index is 13.5. The Morgan fingerprint density at radius 2 is 1.88 bits per heavy atom. The Bertz CT molecular complexity index is 1190. The van der Waals surface area contributed by atoms with Crippen LogP contribution in [0.4, 0.5) is 0 Å². The van der Waals surface area contributed by atoms with Crippen molar-refractivity contribution >= 4 is 58.4 Å². The maximum Gasteiger partial charge on any atom is 0.338 e. The highest BCUT2D eigenvalue weighted by Gasteiger charge is 2.36. The number of nitrogens with one attached hydrogen (secondary N) is 2. The number of rotatable bonds is 5. The number of esters is 1. The number of fused-ring (bicyclic) bond motifs is 1. The molecule has 4 rings (SSSR count). The molecule has 1 amide bonds. The fourth-order valence-corrected chi connectivity index (χ4v) is 4.73. The van der Waals surface area contributed by atoms with E-state index in [1.165, 1.54) is 0 Å². The van der Waals surface area contributed by atoms with E-state index in [1.807, 2.05) is 35.9 Å². The zero-order chi connectivity index (χ0) is 22.9. The third kappa shape index (κ3) is 4.85. The second-order valence-corrected chi connectivity index (χ2v) is 8.76. The lowest BCUT2D eigenvalue weighted by Crippen LogP contribution is -2.52. The number of nitrogens with zero attached hydrogens (tertiary/aromatic N) is 1. The Morgan fingerprint density at radius 1 is 1.15 bits per heavy atom. The number of benzene rings is 2. The zero-order valence-corrected chi connectivity index (χ0v) is 20.7. The van der Waals surface area contributed by atoms with E-state index in [4.69, 9.17) is 27.9 Å². The topological polar surface area (TPSA) is 72.4 Å². The van der Waals surface area contributed by atoms with Crippen LogP contribution in [0.5, 0.6) is 0 Å². The van der Waals surface area contributed by atoms with E-state index in [0.29, 0.717) is 40.8 Å². The molecule has 2 aromatic carbocycles. The number of hydrogen-bond acceptors (Lipinski definition) is 4. The highest BCUT2D eigenvalue weighted by atomic mass is 35.5. The molecule has 1 aliphatic rings. The molecule has 3 aromatic rings. The summed E-state index contributed by atoms with van der Waals surface area (Å²) in [6.07, 6.45) is 1.39. The average molecular weight is 511 g/mol. The number of halogens is 3. The van der Waals surface area contributed by atoms with E-state index in [2.05, 4.69) is 10.6 Å². The van der Waals surface area contributed by atoms with Crippen LogP contribution in [0.25, 0.3) is 10.9 Å². The molecule has 0 atom stereocenters. The van der Waals surface area contributed by atoms with Gasteiger partial charge in [0.15, 0.2) is 0 Å². The first-order valence-electron chi connectivity index (χ1n) is 10.6. The lowest BCUT2D eigenvalue weighted by Gasteiger charge is -2.39. The fraction of sp³-hybridized carbons (Fsp3) is 0.333. The summed E-state index contributed by atoms with van der Waals surface area (Å²) >= 11 is 12.5. The van der Waals surface area contributed by atoms with Crippen molar-refractivity contribution in [2.24, 2.45) is 7.05 Å². The van der Waals surface area contributed by atoms with Crippen molar-refractivity contribution < 1.29 is 14.3 Å². The molecule has 0 radical (unpaired) electrons. The molecule has 176 valence electrons. The normalized spacial score (nSPS) is 15.0. The summed E-state index contributed by atoms with van der Waals surface area (Å²) in [5, 5.41) is 8.22. The molecular formula is C24H26Cl3N3O3. The van der Waals surface area contributed by atoms with Crippen LogP contribution in [0.3, 0.4) is 0 Å². The molecule has 1 aliphatic heterocycles. The van der Waals surface area contributed by atoms with Crippen LogP contribution in [0.1, 0.15) is 46.2 Å². The minimum atomic E-state index is -0.608. The number of carbonyl (C=O) groups is 2. The summed E-state index contributed by atoms with van der Waals surface area (Å²) < 4.78 is 6.97. The van der Waals surface area contributed by atoms with Gasteiger partial charge >= 0.3 is 5.97 Å². The minimum absolute atomic E-state index is 0. The van der Waals surface area contributed by atoms with Crippen molar-refractivity contribution in [3.8, 4) is 0 Å². The maximum atomic E-state index is 13.5. The third-order valence-corrected chi connectivity index (χ3v) is 6.90. The smallest absolute Gasteiger partial charge is 0.338 e. The lowest BCUT2D eigenvalue weighted by molar-refractivity contribution is 0.0526. The highest BCUT2D eigenvalue weighted by molar-refractivity contribution is 6.45. The van der Waals surface area contributed by atoms with E-state index in [0.717, 1.165) is 29.6 Å². The Morgan fingerprint density at radius 3 is 2.58 bits per heavy atom. The predicted molar refractivity (Wildman–Crippen MR) is 134 cm³/mol. The Hall–Kier alpha value is -2.25. The van der Waals surface area contributed by atoms with Gasteiger partial charge in [-0.05, 0) is 68.8 Å². The Labute approximate surface area is 209 Å². The largest absolute Gasteiger partial charge is 0.462 e. The number of carbonyl (C=O) groups excluding carboxylic acids is 2. The van der Waals surface area contributed by atoms with E-state index < -0.39 is 5.54 Å². The van der Waals surface area contributed by atoms with Gasteiger partial charge in [0, 0.05) is 18.0 Å². The summed E-state index contributed by atoms with van der Waals surface area (Å²) in [6.45, 7) is 3.59. The molecule has 1 aromatic heterocycles. The summed E-state index contributed by atoms with van der Waals surface area (Å²) in [6, 6.07) is 12.7. The molecule has 0 unspecified atom stereocenters. The van der Waals surface area contributed by atoms with Gasteiger partial charge in [-0.2, -0.15) is 0 Å². The highest BCUT2D eigenvalue weighted by Crippen LogP contribution is 2.35. The van der Waals surface area contributed by atoms with Gasteiger partial charge in [-0.25, -0.2) is 4.79 Å². The first-order chi connectivity index (χ1) is 15.4. The third-order valence-electron chi connectivity index (χ3n) is 6.08. The second kappa shape index (κ2) is 10.3. The standard InChI is InChI=1S/C24H25Cl2N3O3.ClH/c1-3-32-23(31)15-5-4-6-16(13-15)24(9-11-27-12-10-24)28-22(30)20-14-17-19(29(20)2)8-7-18(25)21(17)26;/h4-8,13-14,27H,3,9-12H2,1-2H3,(H,28,30);1H. The molecule has 2 N–H and O–H groups in total. The summed E-state index contributed by atoms with van der Waals surface area (Å²) in [4.78, 5) is 25.8. The summed E-state index contributed by atoms with van der Waals surface area (Å²) in [5.41, 5.74) is 2.07. The van der Waals surface area contributed by atoms with Crippen LogP contribution in [0, 0.1) is 0 Å². The van der Waals surface area contributed by atoms with Gasteiger partial charge in [0.25, 0.3) is 5.91 Å². The van der Waals surface area contributed by atoms with Crippen LogP contribution in [-0.4, -0.2) is 36.1 Å². The molecule has 2 heterocycles. The molecule has 9 heteroatoms. The van der Waals surface area contributed by atoms with Gasteiger partial charge in [-0.3, -0.25) is 4.79 Å². The van der Waals surface area contributed by atoms with Crippen molar-refractivity contribution in [2.75, 3.05) is 19.7 Å². The van der Waals surface area contributed by atoms with Crippen LogP contribution < -0.4 is 10.6 Å². The molecule has 33 heavy (non-hydrogen) atoms. The number of aromatic nitrogens is 1. The quantitative estimate of drug-likeness (QED) is 0.469. The predicted octanol–water partition coefficient (Wildman–Crippen LogP) is 5.09. The summed E-state index contributed by atoms with van der Waals surface area (Å²) in [7, 11) is 1.83. The minimum Gasteiger partial charge on any atom is -0.462 e. The van der Waals surface area contributed by atoms with E-state index in [-0.39, 0.29) is 24.3 Å². The van der Waals surface area contributed by atoms with Crippen LogP contribution >= 0.6 is 35.6 Å². The van der Waals surface area contributed by atoms with E-state index in [1.54, 1.807) is 25.1 Å². The first kappa shape index (κ1) is 25.4. The monoisotopic (exact) mass is 509 g/mol. The number of aryl methyl sites for hydroxylation is 1. The number of piperidine rings is 1. The second-order valence-electron chi connectivity index (χ2n) is 7.97. The van der Waals surface area contributed by atoms with Crippen molar-refractivity contribution in [1.29, 1.82) is 0 Å². The SMILES string of the molecule is CCOC(=O)c1cccc(C2(NC(=O)c3cc4c(Cl)c(Cl)ccc4n3C)CCNCC2)c1.Cl. The van der Waals surface area contributed by atoms with Gasteiger partial charge in [0.05, 0.1) is 27.8 Å². The molecule has 1 fully saturated rings. The van der Waals surface area contributed by atoms with Gasteiger partial charge in [0.2, 0.25) is 0 Å². The molecule has 0 spiro atoms. The molecular weight excluding hydrogens is 485 g/mol. The molecule has 0 aliphatic carbocycles. The first-order valence-corrected chi connectivity index (χ1v) is 11.4. The van der Waals surface area contributed by atoms with Crippen LogP contribution in [0.2, 0.25) is 10.0 Å². The van der Waals surface area contributed by atoms with Crippen LogP contribution in [-0.2, 0) is 17.3 Å². The molecule has 6 nitrogen and oxygen atoms in total.